The molecule has 0 fully saturated rings. The third-order valence-corrected chi connectivity index (χ3v) is 8.53. The first kappa shape index (κ1) is 22.2. The number of amides is 1. The molecule has 172 valence electrons. The zero-order valence-electron chi connectivity index (χ0n) is 18.4. The van der Waals surface area contributed by atoms with Gasteiger partial charge in [-0.2, -0.15) is 11.8 Å². The maximum atomic E-state index is 12.6. The Bertz CT molecular complexity index is 1260. The molecule has 0 bridgehead atoms. The standard InChI is InChI=1S/C25H27N3O3S2/c29-18-7-5-16(6-8-18)17-9-12-28(13-10-17)22(30)11-14-32-15-21-26-24(31)23-19-3-1-2-4-20(19)33-25(23)27-21/h5-9,29H,1-4,10-15H2,(H,26,27,31). The number of nitrogens with zero attached hydrogens (tertiary/aromatic N) is 2. The zero-order chi connectivity index (χ0) is 22.8. The maximum Gasteiger partial charge on any atom is 0.259 e. The van der Waals surface area contributed by atoms with E-state index in [0.717, 1.165) is 41.5 Å². The molecule has 2 N–H and O–H groups in total. The van der Waals surface area contributed by atoms with E-state index in [9.17, 15) is 14.7 Å². The summed E-state index contributed by atoms with van der Waals surface area (Å²) in [5.41, 5.74) is 3.51. The van der Waals surface area contributed by atoms with Crippen LogP contribution in [0.1, 0.15) is 47.5 Å². The maximum absolute atomic E-state index is 12.6. The van der Waals surface area contributed by atoms with Gasteiger partial charge in [-0.25, -0.2) is 4.98 Å². The number of hydrogen-bond acceptors (Lipinski definition) is 6. The van der Waals surface area contributed by atoms with Crippen molar-refractivity contribution >= 4 is 44.8 Å². The number of phenolic OH excluding ortho intramolecular Hbond substituents is 1. The number of fused-ring (bicyclic) bond motifs is 3. The first-order valence-electron chi connectivity index (χ1n) is 11.5. The highest BCUT2D eigenvalue weighted by Gasteiger charge is 2.20. The van der Waals surface area contributed by atoms with Crippen LogP contribution in [0.5, 0.6) is 5.75 Å². The van der Waals surface area contributed by atoms with Crippen molar-refractivity contribution in [1.82, 2.24) is 14.9 Å². The van der Waals surface area contributed by atoms with Crippen LogP contribution in [0.2, 0.25) is 0 Å². The molecular formula is C25H27N3O3S2. The molecule has 0 unspecified atom stereocenters. The zero-order valence-corrected chi connectivity index (χ0v) is 20.1. The van der Waals surface area contributed by atoms with Gasteiger partial charge in [0, 0.05) is 30.1 Å². The van der Waals surface area contributed by atoms with E-state index in [4.69, 9.17) is 4.98 Å². The molecule has 0 saturated heterocycles. The minimum absolute atomic E-state index is 0.0180. The van der Waals surface area contributed by atoms with Crippen molar-refractivity contribution in [1.29, 1.82) is 0 Å². The van der Waals surface area contributed by atoms with E-state index in [2.05, 4.69) is 11.1 Å². The fraction of sp³-hybridized carbons (Fsp3) is 0.400. The molecule has 0 atom stereocenters. The molecule has 3 aromatic rings. The van der Waals surface area contributed by atoms with E-state index in [0.29, 0.717) is 36.8 Å². The number of aromatic amines is 1. The van der Waals surface area contributed by atoms with Gasteiger partial charge in [-0.05, 0) is 60.9 Å². The topological polar surface area (TPSA) is 86.3 Å². The molecule has 5 rings (SSSR count). The molecule has 1 aliphatic carbocycles. The molecule has 0 spiro atoms. The van der Waals surface area contributed by atoms with E-state index in [-0.39, 0.29) is 17.2 Å². The van der Waals surface area contributed by atoms with E-state index < -0.39 is 0 Å². The fourth-order valence-corrected chi connectivity index (χ4v) is 6.67. The number of carbonyl (C=O) groups is 1. The molecule has 1 amide bonds. The van der Waals surface area contributed by atoms with Crippen molar-refractivity contribution in [3.8, 4) is 5.75 Å². The monoisotopic (exact) mass is 481 g/mol. The summed E-state index contributed by atoms with van der Waals surface area (Å²) in [5, 5.41) is 10.2. The Morgan fingerprint density at radius 2 is 2.00 bits per heavy atom. The number of thiophene rings is 1. The minimum atomic E-state index is -0.0180. The summed E-state index contributed by atoms with van der Waals surface area (Å²) in [6.07, 6.45) is 7.79. The molecular weight excluding hydrogens is 454 g/mol. The predicted octanol–water partition coefficient (Wildman–Crippen LogP) is 4.51. The number of nitrogens with one attached hydrogen (secondary N) is 1. The summed E-state index contributed by atoms with van der Waals surface area (Å²) in [5.74, 6) is 2.42. The molecule has 8 heteroatoms. The van der Waals surface area contributed by atoms with Gasteiger partial charge < -0.3 is 15.0 Å². The van der Waals surface area contributed by atoms with Crippen molar-refractivity contribution in [3.63, 3.8) is 0 Å². The van der Waals surface area contributed by atoms with Crippen LogP contribution >= 0.6 is 23.1 Å². The SMILES string of the molecule is O=C(CCSCc1nc2sc3c(c2c(=O)[nH]1)CCCC3)N1CC=C(c2ccc(O)cc2)CC1. The quantitative estimate of drug-likeness (QED) is 0.506. The molecule has 3 heterocycles. The highest BCUT2D eigenvalue weighted by Crippen LogP contribution is 2.33. The lowest BCUT2D eigenvalue weighted by atomic mass is 9.97. The lowest BCUT2D eigenvalue weighted by Crippen LogP contribution is -2.34. The van der Waals surface area contributed by atoms with Crippen LogP contribution in [0.4, 0.5) is 0 Å². The lowest BCUT2D eigenvalue weighted by molar-refractivity contribution is -0.130. The lowest BCUT2D eigenvalue weighted by Gasteiger charge is -2.26. The van der Waals surface area contributed by atoms with E-state index >= 15 is 0 Å². The van der Waals surface area contributed by atoms with Crippen LogP contribution in [0.3, 0.4) is 0 Å². The van der Waals surface area contributed by atoms with E-state index in [1.807, 2.05) is 17.0 Å². The van der Waals surface area contributed by atoms with Gasteiger partial charge in [0.05, 0.1) is 11.1 Å². The minimum Gasteiger partial charge on any atom is -0.508 e. The van der Waals surface area contributed by atoms with Crippen molar-refractivity contribution in [3.05, 3.63) is 62.5 Å². The number of hydrogen-bond donors (Lipinski definition) is 2. The number of benzene rings is 1. The fourth-order valence-electron chi connectivity index (χ4n) is 4.60. The van der Waals surface area contributed by atoms with Gasteiger partial charge in [-0.3, -0.25) is 9.59 Å². The molecule has 1 aromatic carbocycles. The molecule has 2 aliphatic rings. The van der Waals surface area contributed by atoms with E-state index in [1.54, 1.807) is 35.2 Å². The Hall–Kier alpha value is -2.58. The molecule has 1 aliphatic heterocycles. The van der Waals surface area contributed by atoms with Crippen LogP contribution in [0.25, 0.3) is 15.8 Å². The molecule has 0 radical (unpaired) electrons. The second kappa shape index (κ2) is 9.73. The number of thioether (sulfide) groups is 1. The van der Waals surface area contributed by atoms with Gasteiger partial charge in [0.2, 0.25) is 5.91 Å². The number of phenols is 1. The van der Waals surface area contributed by atoms with Crippen molar-refractivity contribution in [2.24, 2.45) is 0 Å². The average Bonchev–Trinajstić information content (AvgIpc) is 3.21. The first-order chi connectivity index (χ1) is 16.1. The highest BCUT2D eigenvalue weighted by atomic mass is 32.2. The Balaban J connectivity index is 1.12. The second-order valence-corrected chi connectivity index (χ2v) is 10.8. The predicted molar refractivity (Wildman–Crippen MR) is 135 cm³/mol. The second-order valence-electron chi connectivity index (χ2n) is 8.57. The molecule has 2 aromatic heterocycles. The summed E-state index contributed by atoms with van der Waals surface area (Å²) < 4.78 is 0. The third-order valence-electron chi connectivity index (χ3n) is 6.37. The number of rotatable bonds is 6. The Kier molecular flexibility index (Phi) is 6.55. The van der Waals surface area contributed by atoms with Crippen LogP contribution in [0, 0.1) is 0 Å². The summed E-state index contributed by atoms with van der Waals surface area (Å²) >= 11 is 3.31. The van der Waals surface area contributed by atoms with Gasteiger partial charge in [-0.1, -0.05) is 18.2 Å². The van der Waals surface area contributed by atoms with Crippen LogP contribution < -0.4 is 5.56 Å². The Morgan fingerprint density at radius 3 is 2.79 bits per heavy atom. The number of H-pyrrole nitrogens is 1. The number of aryl methyl sites for hydroxylation is 2. The van der Waals surface area contributed by atoms with Crippen LogP contribution in [-0.2, 0) is 23.4 Å². The molecule has 33 heavy (non-hydrogen) atoms. The summed E-state index contributed by atoms with van der Waals surface area (Å²) in [6.45, 7) is 1.33. The molecule has 0 saturated carbocycles. The normalized spacial score (nSPS) is 16.0. The van der Waals surface area contributed by atoms with Crippen molar-refractivity contribution in [2.45, 2.75) is 44.3 Å². The Labute approximate surface area is 200 Å². The molecule has 6 nitrogen and oxygen atoms in total. The third kappa shape index (κ3) is 4.87. The number of aromatic hydroxyl groups is 1. The first-order valence-corrected chi connectivity index (χ1v) is 13.4. The number of aromatic nitrogens is 2. The van der Waals surface area contributed by atoms with Crippen molar-refractivity contribution < 1.29 is 9.90 Å². The Morgan fingerprint density at radius 1 is 1.18 bits per heavy atom. The highest BCUT2D eigenvalue weighted by molar-refractivity contribution is 7.98. The van der Waals surface area contributed by atoms with Crippen LogP contribution in [-0.4, -0.2) is 44.7 Å². The van der Waals surface area contributed by atoms with E-state index in [1.165, 1.54) is 22.4 Å². The smallest absolute Gasteiger partial charge is 0.259 e. The summed E-state index contributed by atoms with van der Waals surface area (Å²) in [7, 11) is 0. The van der Waals surface area contributed by atoms with Crippen molar-refractivity contribution in [2.75, 3.05) is 18.8 Å². The largest absolute Gasteiger partial charge is 0.508 e. The summed E-state index contributed by atoms with van der Waals surface area (Å²) in [6, 6.07) is 7.21. The average molecular weight is 482 g/mol. The van der Waals surface area contributed by atoms with Gasteiger partial charge in [-0.15, -0.1) is 11.3 Å². The van der Waals surface area contributed by atoms with Gasteiger partial charge in [0.1, 0.15) is 16.4 Å². The van der Waals surface area contributed by atoms with Gasteiger partial charge >= 0.3 is 0 Å². The summed E-state index contributed by atoms with van der Waals surface area (Å²) in [4.78, 5) is 37.0. The van der Waals surface area contributed by atoms with Crippen LogP contribution in [0.15, 0.2) is 35.1 Å². The van der Waals surface area contributed by atoms with Gasteiger partial charge in [0.15, 0.2) is 0 Å². The van der Waals surface area contributed by atoms with Gasteiger partial charge in [0.25, 0.3) is 5.56 Å². The number of carbonyl (C=O) groups excluding carboxylic acids is 1.